The smallest absolute Gasteiger partial charge is 0.275 e. The molecule has 0 radical (unpaired) electrons. The minimum atomic E-state index is 0.328. The first-order chi connectivity index (χ1) is 7.13. The molecule has 0 aliphatic heterocycles. The summed E-state index contributed by atoms with van der Waals surface area (Å²) in [7, 11) is 0. The van der Waals surface area contributed by atoms with Gasteiger partial charge in [0.2, 0.25) is 0 Å². The zero-order chi connectivity index (χ0) is 10.8. The lowest BCUT2D eigenvalue weighted by Crippen LogP contribution is -2.28. The van der Waals surface area contributed by atoms with Crippen molar-refractivity contribution in [1.82, 2.24) is 4.98 Å². The van der Waals surface area contributed by atoms with Gasteiger partial charge in [-0.25, -0.2) is 4.98 Å². The Hall–Kier alpha value is -0.770. The zero-order valence-corrected chi connectivity index (χ0v) is 10.1. The standard InChI is InChI=1S/C11H18N2OS/c1-7-3-8(2)5-9(4-7)14-11-13-6-10(12)15-11/h6-9H,3-5,12H2,1-2H3. The van der Waals surface area contributed by atoms with Crippen molar-refractivity contribution < 1.29 is 4.74 Å². The van der Waals surface area contributed by atoms with Crippen molar-refractivity contribution in [2.75, 3.05) is 5.73 Å². The Morgan fingerprint density at radius 1 is 1.33 bits per heavy atom. The third kappa shape index (κ3) is 2.84. The fourth-order valence-corrected chi connectivity index (χ4v) is 3.03. The first-order valence-corrected chi connectivity index (χ1v) is 6.33. The highest BCUT2D eigenvalue weighted by atomic mass is 32.1. The van der Waals surface area contributed by atoms with Gasteiger partial charge in [-0.15, -0.1) is 0 Å². The number of hydrogen-bond donors (Lipinski definition) is 1. The number of hydrogen-bond acceptors (Lipinski definition) is 4. The van der Waals surface area contributed by atoms with Crippen molar-refractivity contribution >= 4 is 16.3 Å². The molecule has 1 aromatic rings. The van der Waals surface area contributed by atoms with Crippen LogP contribution in [0.15, 0.2) is 6.20 Å². The molecule has 0 aromatic carbocycles. The summed E-state index contributed by atoms with van der Waals surface area (Å²) < 4.78 is 5.84. The molecule has 84 valence electrons. The third-order valence-electron chi connectivity index (χ3n) is 2.91. The average molecular weight is 226 g/mol. The quantitative estimate of drug-likeness (QED) is 0.843. The second-order valence-electron chi connectivity index (χ2n) is 4.69. The fraction of sp³-hybridized carbons (Fsp3) is 0.727. The molecule has 1 fully saturated rings. The molecule has 0 amide bonds. The van der Waals surface area contributed by atoms with Gasteiger partial charge in [0.05, 0.1) is 6.20 Å². The highest BCUT2D eigenvalue weighted by Gasteiger charge is 2.25. The molecule has 2 unspecified atom stereocenters. The lowest BCUT2D eigenvalue weighted by atomic mass is 9.82. The molecule has 1 heterocycles. The molecule has 15 heavy (non-hydrogen) atoms. The Morgan fingerprint density at radius 3 is 2.53 bits per heavy atom. The minimum Gasteiger partial charge on any atom is -0.467 e. The van der Waals surface area contributed by atoms with Gasteiger partial charge in [0.1, 0.15) is 11.1 Å². The summed E-state index contributed by atoms with van der Waals surface area (Å²) in [4.78, 5) is 4.13. The van der Waals surface area contributed by atoms with Crippen molar-refractivity contribution in [2.45, 2.75) is 39.2 Å². The van der Waals surface area contributed by atoms with E-state index in [2.05, 4.69) is 18.8 Å². The molecule has 0 spiro atoms. The predicted octanol–water partition coefficient (Wildman–Crippen LogP) is 2.93. The summed E-state index contributed by atoms with van der Waals surface area (Å²) in [6.45, 7) is 4.59. The molecular formula is C11H18N2OS. The number of nitrogen functional groups attached to an aromatic ring is 1. The summed E-state index contributed by atoms with van der Waals surface area (Å²) in [5.41, 5.74) is 5.61. The van der Waals surface area contributed by atoms with Crippen LogP contribution in [0.3, 0.4) is 0 Å². The summed E-state index contributed by atoms with van der Waals surface area (Å²) in [5, 5.41) is 1.45. The van der Waals surface area contributed by atoms with E-state index in [1.807, 2.05) is 0 Å². The van der Waals surface area contributed by atoms with E-state index in [1.54, 1.807) is 6.20 Å². The van der Waals surface area contributed by atoms with E-state index in [9.17, 15) is 0 Å². The Morgan fingerprint density at radius 2 is 2.00 bits per heavy atom. The number of rotatable bonds is 2. The van der Waals surface area contributed by atoms with Crippen LogP contribution < -0.4 is 10.5 Å². The normalized spacial score (nSPS) is 31.5. The van der Waals surface area contributed by atoms with Crippen LogP contribution in [-0.2, 0) is 0 Å². The van der Waals surface area contributed by atoms with Gasteiger partial charge in [0, 0.05) is 0 Å². The van der Waals surface area contributed by atoms with E-state index in [0.717, 1.165) is 34.9 Å². The molecule has 1 aliphatic carbocycles. The highest BCUT2D eigenvalue weighted by molar-refractivity contribution is 7.17. The monoisotopic (exact) mass is 226 g/mol. The average Bonchev–Trinajstić information content (AvgIpc) is 2.49. The minimum absolute atomic E-state index is 0.328. The molecule has 1 aromatic heterocycles. The second kappa shape index (κ2) is 4.39. The molecule has 0 bridgehead atoms. The fourth-order valence-electron chi connectivity index (χ4n) is 2.44. The van der Waals surface area contributed by atoms with E-state index in [4.69, 9.17) is 10.5 Å². The largest absolute Gasteiger partial charge is 0.467 e. The van der Waals surface area contributed by atoms with E-state index in [1.165, 1.54) is 17.8 Å². The lowest BCUT2D eigenvalue weighted by Gasteiger charge is -2.30. The molecule has 1 aliphatic rings. The number of aromatic nitrogens is 1. The van der Waals surface area contributed by atoms with Crippen molar-refractivity contribution in [3.05, 3.63) is 6.20 Å². The number of ether oxygens (including phenoxy) is 1. The Balaban J connectivity index is 1.94. The molecule has 3 nitrogen and oxygen atoms in total. The van der Waals surface area contributed by atoms with Crippen molar-refractivity contribution in [3.8, 4) is 5.19 Å². The number of nitrogens with two attached hydrogens (primary N) is 1. The summed E-state index contributed by atoms with van der Waals surface area (Å²) >= 11 is 1.43. The van der Waals surface area contributed by atoms with E-state index in [0.29, 0.717) is 6.10 Å². The van der Waals surface area contributed by atoms with Gasteiger partial charge < -0.3 is 10.5 Å². The van der Waals surface area contributed by atoms with Crippen LogP contribution in [-0.4, -0.2) is 11.1 Å². The summed E-state index contributed by atoms with van der Waals surface area (Å²) in [6.07, 6.45) is 5.60. The molecule has 2 rings (SSSR count). The van der Waals surface area contributed by atoms with Gasteiger partial charge >= 0.3 is 0 Å². The van der Waals surface area contributed by atoms with E-state index < -0.39 is 0 Å². The summed E-state index contributed by atoms with van der Waals surface area (Å²) in [5.74, 6) is 1.52. The number of thiazole rings is 1. The van der Waals surface area contributed by atoms with Gasteiger partial charge in [-0.05, 0) is 31.1 Å². The van der Waals surface area contributed by atoms with Crippen LogP contribution in [0.25, 0.3) is 0 Å². The molecule has 0 saturated heterocycles. The molecule has 4 heteroatoms. The Labute approximate surface area is 94.7 Å². The maximum absolute atomic E-state index is 5.84. The van der Waals surface area contributed by atoms with E-state index in [-0.39, 0.29) is 0 Å². The van der Waals surface area contributed by atoms with Crippen LogP contribution in [0, 0.1) is 11.8 Å². The van der Waals surface area contributed by atoms with Crippen LogP contribution in [0.5, 0.6) is 5.19 Å². The molecule has 2 atom stereocenters. The first kappa shape index (κ1) is 10.7. The maximum Gasteiger partial charge on any atom is 0.275 e. The number of anilines is 1. The molecule has 2 N–H and O–H groups in total. The second-order valence-corrected chi connectivity index (χ2v) is 5.71. The molecule has 1 saturated carbocycles. The first-order valence-electron chi connectivity index (χ1n) is 5.51. The van der Waals surface area contributed by atoms with Gasteiger partial charge in [-0.1, -0.05) is 25.2 Å². The van der Waals surface area contributed by atoms with Gasteiger partial charge in [-0.3, -0.25) is 0 Å². The van der Waals surface area contributed by atoms with Crippen molar-refractivity contribution in [2.24, 2.45) is 11.8 Å². The topological polar surface area (TPSA) is 48.1 Å². The van der Waals surface area contributed by atoms with Gasteiger partial charge in [0.25, 0.3) is 5.19 Å². The Bertz CT molecular complexity index is 316. The SMILES string of the molecule is CC1CC(C)CC(Oc2ncc(N)s2)C1. The van der Waals surface area contributed by atoms with Crippen molar-refractivity contribution in [3.63, 3.8) is 0 Å². The van der Waals surface area contributed by atoms with Gasteiger partial charge in [0.15, 0.2) is 0 Å². The van der Waals surface area contributed by atoms with Crippen LogP contribution >= 0.6 is 11.3 Å². The van der Waals surface area contributed by atoms with Crippen LogP contribution in [0.2, 0.25) is 0 Å². The third-order valence-corrected chi connectivity index (χ3v) is 3.62. The predicted molar refractivity (Wildman–Crippen MR) is 63.1 cm³/mol. The summed E-state index contributed by atoms with van der Waals surface area (Å²) in [6, 6.07) is 0. The number of nitrogens with zero attached hydrogens (tertiary/aromatic N) is 1. The van der Waals surface area contributed by atoms with Gasteiger partial charge in [-0.2, -0.15) is 0 Å². The Kier molecular flexibility index (Phi) is 3.14. The highest BCUT2D eigenvalue weighted by Crippen LogP contribution is 2.32. The van der Waals surface area contributed by atoms with Crippen LogP contribution in [0.1, 0.15) is 33.1 Å². The maximum atomic E-state index is 5.84. The zero-order valence-electron chi connectivity index (χ0n) is 9.27. The van der Waals surface area contributed by atoms with Crippen molar-refractivity contribution in [1.29, 1.82) is 0 Å². The molecular weight excluding hydrogens is 208 g/mol. The lowest BCUT2D eigenvalue weighted by molar-refractivity contribution is 0.101. The van der Waals surface area contributed by atoms with E-state index >= 15 is 0 Å². The van der Waals surface area contributed by atoms with Crippen LogP contribution in [0.4, 0.5) is 5.00 Å².